The van der Waals surface area contributed by atoms with Gasteiger partial charge in [0.05, 0.1) is 12.1 Å². The molecule has 1 saturated heterocycles. The number of ether oxygens (including phenoxy) is 1. The van der Waals surface area contributed by atoms with Crippen LogP contribution in [0.5, 0.6) is 0 Å². The molecule has 2 N–H and O–H groups in total. The molecule has 2 aliphatic heterocycles. The first-order valence-electron chi connectivity index (χ1n) is 6.78. The summed E-state index contributed by atoms with van der Waals surface area (Å²) in [6.07, 6.45) is 5.26. The molecule has 3 rings (SSSR count). The van der Waals surface area contributed by atoms with Gasteiger partial charge in [-0.1, -0.05) is 11.6 Å². The summed E-state index contributed by atoms with van der Waals surface area (Å²) in [5.74, 6) is 1.02. The van der Waals surface area contributed by atoms with Crippen LogP contribution in [0.2, 0.25) is 5.02 Å². The van der Waals surface area contributed by atoms with E-state index in [1.807, 2.05) is 18.2 Å². The first-order chi connectivity index (χ1) is 10.1. The van der Waals surface area contributed by atoms with Gasteiger partial charge in [0.1, 0.15) is 17.1 Å². The van der Waals surface area contributed by atoms with Crippen molar-refractivity contribution in [3.05, 3.63) is 35.1 Å². The lowest BCUT2D eigenvalue weighted by Crippen LogP contribution is -2.44. The first-order valence-corrected chi connectivity index (χ1v) is 7.16. The number of hydroxylamine groups is 1. The molecule has 0 saturated carbocycles. The Morgan fingerprint density at radius 2 is 2.24 bits per heavy atom. The second kappa shape index (κ2) is 5.54. The Kier molecular flexibility index (Phi) is 3.73. The number of piperidine rings is 1. The molecule has 0 bridgehead atoms. The lowest BCUT2D eigenvalue weighted by atomic mass is 9.91. The van der Waals surface area contributed by atoms with Crippen LogP contribution < -0.4 is 10.4 Å². The Hall–Kier alpha value is -1.79. The number of nitrogens with one attached hydrogen (secondary N) is 2. The van der Waals surface area contributed by atoms with Gasteiger partial charge < -0.3 is 9.64 Å². The van der Waals surface area contributed by atoms with E-state index in [2.05, 4.69) is 15.4 Å². The van der Waals surface area contributed by atoms with E-state index in [-0.39, 0.29) is 11.5 Å². The Morgan fingerprint density at radius 1 is 1.48 bits per heavy atom. The Morgan fingerprint density at radius 3 is 2.86 bits per heavy atom. The molecule has 7 heteroatoms. The van der Waals surface area contributed by atoms with Crippen molar-refractivity contribution >= 4 is 23.3 Å². The maximum absolute atomic E-state index is 7.66. The molecule has 112 valence electrons. The van der Waals surface area contributed by atoms with E-state index in [9.17, 15) is 0 Å². The zero-order valence-corrected chi connectivity index (χ0v) is 12.5. The van der Waals surface area contributed by atoms with Crippen LogP contribution in [0.25, 0.3) is 0 Å². The van der Waals surface area contributed by atoms with Crippen LogP contribution in [0.3, 0.4) is 0 Å². The topological polar surface area (TPSA) is 70.5 Å². The van der Waals surface area contributed by atoms with Gasteiger partial charge in [-0.25, -0.2) is 4.98 Å². The van der Waals surface area contributed by atoms with Gasteiger partial charge in [0.15, 0.2) is 0 Å². The average molecular weight is 309 g/mol. The molecular weight excluding hydrogens is 292 g/mol. The number of rotatable bonds is 2. The van der Waals surface area contributed by atoms with Gasteiger partial charge in [0.2, 0.25) is 5.90 Å². The van der Waals surface area contributed by atoms with Gasteiger partial charge in [-0.3, -0.25) is 15.7 Å². The predicted molar refractivity (Wildman–Crippen MR) is 80.5 cm³/mol. The van der Waals surface area contributed by atoms with E-state index < -0.39 is 0 Å². The minimum atomic E-state index is -0.358. The van der Waals surface area contributed by atoms with Gasteiger partial charge in [0.25, 0.3) is 0 Å². The molecule has 0 unspecified atom stereocenters. The predicted octanol–water partition coefficient (Wildman–Crippen LogP) is 2.12. The summed E-state index contributed by atoms with van der Waals surface area (Å²) in [5.41, 5.74) is 3.02. The Bertz CT molecular complexity index is 565. The minimum Gasteiger partial charge on any atom is -0.480 e. The summed E-state index contributed by atoms with van der Waals surface area (Å²) in [4.78, 5) is 12.2. The number of hydrogen-bond donors (Lipinski definition) is 2. The number of pyridine rings is 1. The lowest BCUT2D eigenvalue weighted by Gasteiger charge is -2.37. The van der Waals surface area contributed by atoms with E-state index >= 15 is 0 Å². The number of nitrogens with zero attached hydrogens (tertiary/aromatic N) is 2. The highest BCUT2D eigenvalue weighted by Gasteiger charge is 2.39. The molecule has 1 aromatic heterocycles. The molecule has 1 spiro atoms. The van der Waals surface area contributed by atoms with Crippen LogP contribution >= 0.6 is 11.6 Å². The third kappa shape index (κ3) is 2.82. The molecule has 0 amide bonds. The summed E-state index contributed by atoms with van der Waals surface area (Å²) < 4.78 is 4.91. The maximum Gasteiger partial charge on any atom is 0.231 e. The molecule has 0 radical (unpaired) electrons. The van der Waals surface area contributed by atoms with Crippen molar-refractivity contribution in [1.29, 1.82) is 5.41 Å². The molecule has 6 nitrogen and oxygen atoms in total. The van der Waals surface area contributed by atoms with Crippen LogP contribution in [-0.4, -0.2) is 36.7 Å². The zero-order chi connectivity index (χ0) is 14.9. The molecule has 2 aliphatic rings. The van der Waals surface area contributed by atoms with Crippen LogP contribution in [0.4, 0.5) is 5.82 Å². The van der Waals surface area contributed by atoms with Crippen molar-refractivity contribution < 1.29 is 9.57 Å². The van der Waals surface area contributed by atoms with Crippen LogP contribution in [-0.2, 0) is 9.57 Å². The van der Waals surface area contributed by atoms with E-state index in [1.165, 1.54) is 7.11 Å². The smallest absolute Gasteiger partial charge is 0.231 e. The van der Waals surface area contributed by atoms with Crippen LogP contribution in [0.15, 0.2) is 30.1 Å². The van der Waals surface area contributed by atoms with Crippen molar-refractivity contribution in [1.82, 2.24) is 10.5 Å². The standard InChI is InChI=1S/C14H17ClN4O2/c1-20-13(16)11-8-14(21-18-11)4-6-19(7-5-14)12-3-2-10(15)9-17-12/h2-3,8-9,16,18H,4-7H2,1H3. The van der Waals surface area contributed by atoms with Crippen molar-refractivity contribution in [3.8, 4) is 0 Å². The monoisotopic (exact) mass is 308 g/mol. The second-order valence-electron chi connectivity index (χ2n) is 5.18. The molecule has 0 aliphatic carbocycles. The van der Waals surface area contributed by atoms with Gasteiger partial charge >= 0.3 is 0 Å². The number of hydrogen-bond acceptors (Lipinski definition) is 6. The molecular formula is C14H17ClN4O2. The van der Waals surface area contributed by atoms with Crippen molar-refractivity contribution in [2.75, 3.05) is 25.1 Å². The van der Waals surface area contributed by atoms with Gasteiger partial charge in [-0.15, -0.1) is 0 Å². The second-order valence-corrected chi connectivity index (χ2v) is 5.62. The summed E-state index contributed by atoms with van der Waals surface area (Å²) >= 11 is 5.86. The van der Waals surface area contributed by atoms with E-state index in [4.69, 9.17) is 26.6 Å². The number of aromatic nitrogens is 1. The van der Waals surface area contributed by atoms with Crippen molar-refractivity contribution in [2.45, 2.75) is 18.4 Å². The van der Waals surface area contributed by atoms with Gasteiger partial charge in [-0.05, 0) is 18.2 Å². The van der Waals surface area contributed by atoms with E-state index in [0.717, 1.165) is 31.7 Å². The quantitative estimate of drug-likeness (QED) is 0.647. The highest BCUT2D eigenvalue weighted by molar-refractivity contribution is 6.30. The number of methoxy groups -OCH3 is 1. The largest absolute Gasteiger partial charge is 0.480 e. The maximum atomic E-state index is 7.66. The highest BCUT2D eigenvalue weighted by atomic mass is 35.5. The third-order valence-corrected chi connectivity index (χ3v) is 4.09. The molecule has 21 heavy (non-hydrogen) atoms. The summed E-state index contributed by atoms with van der Waals surface area (Å²) in [7, 11) is 1.48. The molecule has 1 aromatic rings. The Labute approximate surface area is 128 Å². The SMILES string of the molecule is COC(=N)C1=CC2(CCN(c3ccc(Cl)cn3)CC2)ON1. The summed E-state index contributed by atoms with van der Waals surface area (Å²) in [5, 5.41) is 8.30. The highest BCUT2D eigenvalue weighted by Crippen LogP contribution is 2.33. The van der Waals surface area contributed by atoms with E-state index in [1.54, 1.807) is 6.20 Å². The van der Waals surface area contributed by atoms with Crippen LogP contribution in [0, 0.1) is 5.41 Å². The number of anilines is 1. The summed E-state index contributed by atoms with van der Waals surface area (Å²) in [6.45, 7) is 1.67. The molecule has 3 heterocycles. The Balaban J connectivity index is 1.67. The fraction of sp³-hybridized carbons (Fsp3) is 0.429. The zero-order valence-electron chi connectivity index (χ0n) is 11.7. The molecule has 1 fully saturated rings. The number of halogens is 1. The van der Waals surface area contributed by atoms with Gasteiger partial charge in [-0.2, -0.15) is 0 Å². The van der Waals surface area contributed by atoms with Crippen LogP contribution in [0.1, 0.15) is 12.8 Å². The third-order valence-electron chi connectivity index (χ3n) is 3.87. The first kappa shape index (κ1) is 14.2. The van der Waals surface area contributed by atoms with E-state index in [0.29, 0.717) is 10.7 Å². The van der Waals surface area contributed by atoms with Crippen molar-refractivity contribution in [2.24, 2.45) is 0 Å². The van der Waals surface area contributed by atoms with Gasteiger partial charge in [0, 0.05) is 32.1 Å². The molecule has 0 aromatic carbocycles. The minimum absolute atomic E-state index is 0.0914. The molecule has 0 atom stereocenters. The fourth-order valence-corrected chi connectivity index (χ4v) is 2.73. The fourth-order valence-electron chi connectivity index (χ4n) is 2.62. The normalized spacial score (nSPS) is 20.1. The lowest BCUT2D eigenvalue weighted by molar-refractivity contribution is -0.0526. The summed E-state index contributed by atoms with van der Waals surface area (Å²) in [6, 6.07) is 3.77. The average Bonchev–Trinajstić information content (AvgIpc) is 2.92. The van der Waals surface area contributed by atoms with Crippen molar-refractivity contribution in [3.63, 3.8) is 0 Å².